The van der Waals surface area contributed by atoms with Gasteiger partial charge in [0.15, 0.2) is 0 Å². The Bertz CT molecular complexity index is 534. The normalized spacial score (nSPS) is 10.5. The van der Waals surface area contributed by atoms with E-state index in [-0.39, 0.29) is 0 Å². The van der Waals surface area contributed by atoms with Crippen molar-refractivity contribution in [1.82, 2.24) is 15.3 Å². The number of halogens is 1. The largest absolute Gasteiger partial charge is 0.477 e. The lowest BCUT2D eigenvalue weighted by molar-refractivity contribution is 0.308. The van der Waals surface area contributed by atoms with Crippen LogP contribution in [0.2, 0.25) is 5.02 Å². The highest BCUT2D eigenvalue weighted by atomic mass is 35.5. The summed E-state index contributed by atoms with van der Waals surface area (Å²) in [5.41, 5.74) is 2.01. The molecule has 1 N–H and O–H groups in total. The number of nitrogens with one attached hydrogen (secondary N) is 1. The van der Waals surface area contributed by atoms with Crippen LogP contribution in [0.1, 0.15) is 18.2 Å². The average Bonchev–Trinajstić information content (AvgIpc) is 2.49. The van der Waals surface area contributed by atoms with Crippen molar-refractivity contribution in [2.45, 2.75) is 19.9 Å². The summed E-state index contributed by atoms with van der Waals surface area (Å²) in [6.45, 7) is 4.22. The van der Waals surface area contributed by atoms with Gasteiger partial charge in [-0.3, -0.25) is 4.98 Å². The molecule has 106 valence electrons. The number of pyridine rings is 2. The van der Waals surface area contributed by atoms with Gasteiger partial charge in [-0.25, -0.2) is 4.98 Å². The summed E-state index contributed by atoms with van der Waals surface area (Å²) in [7, 11) is 0. The summed E-state index contributed by atoms with van der Waals surface area (Å²) in [6.07, 6.45) is 4.17. The first-order valence-corrected chi connectivity index (χ1v) is 7.05. The molecule has 0 aliphatic rings. The van der Waals surface area contributed by atoms with Crippen LogP contribution in [0.15, 0.2) is 36.7 Å². The van der Waals surface area contributed by atoms with E-state index in [1.54, 1.807) is 12.4 Å². The van der Waals surface area contributed by atoms with Gasteiger partial charge in [0.25, 0.3) is 0 Å². The Morgan fingerprint density at radius 3 is 2.95 bits per heavy atom. The minimum Gasteiger partial charge on any atom is -0.477 e. The molecule has 2 rings (SSSR count). The fourth-order valence-electron chi connectivity index (χ4n) is 1.74. The van der Waals surface area contributed by atoms with Crippen LogP contribution >= 0.6 is 11.6 Å². The maximum absolute atomic E-state index is 6.09. The fourth-order valence-corrected chi connectivity index (χ4v) is 1.91. The van der Waals surface area contributed by atoms with E-state index in [2.05, 4.69) is 22.2 Å². The first kappa shape index (κ1) is 14.8. The Morgan fingerprint density at radius 1 is 1.30 bits per heavy atom. The van der Waals surface area contributed by atoms with Crippen LogP contribution in [-0.4, -0.2) is 23.1 Å². The highest BCUT2D eigenvalue weighted by molar-refractivity contribution is 6.31. The number of rotatable bonds is 7. The lowest BCUT2D eigenvalue weighted by Gasteiger charge is -2.09. The fraction of sp³-hybridized carbons (Fsp3) is 0.333. The second-order valence-corrected chi connectivity index (χ2v) is 4.72. The van der Waals surface area contributed by atoms with E-state index in [1.165, 1.54) is 0 Å². The van der Waals surface area contributed by atoms with Crippen LogP contribution in [0, 0.1) is 0 Å². The van der Waals surface area contributed by atoms with E-state index in [9.17, 15) is 0 Å². The van der Waals surface area contributed by atoms with E-state index in [0.717, 1.165) is 24.2 Å². The zero-order valence-electron chi connectivity index (χ0n) is 11.5. The van der Waals surface area contributed by atoms with Crippen LogP contribution in [0.5, 0.6) is 5.88 Å². The molecule has 5 heteroatoms. The molecule has 4 nitrogen and oxygen atoms in total. The summed E-state index contributed by atoms with van der Waals surface area (Å²) in [5, 5.41) is 3.89. The molecule has 2 heterocycles. The second kappa shape index (κ2) is 7.82. The Kier molecular flexibility index (Phi) is 5.77. The Labute approximate surface area is 124 Å². The monoisotopic (exact) mass is 291 g/mol. The van der Waals surface area contributed by atoms with Crippen molar-refractivity contribution in [3.05, 3.63) is 52.9 Å². The summed E-state index contributed by atoms with van der Waals surface area (Å²) in [6, 6.07) is 7.73. The van der Waals surface area contributed by atoms with Gasteiger partial charge in [0, 0.05) is 37.1 Å². The topological polar surface area (TPSA) is 47.0 Å². The maximum atomic E-state index is 6.09. The van der Waals surface area contributed by atoms with Gasteiger partial charge in [0.05, 0.1) is 11.6 Å². The van der Waals surface area contributed by atoms with Crippen molar-refractivity contribution in [3.8, 4) is 5.88 Å². The third-order valence-electron chi connectivity index (χ3n) is 2.81. The van der Waals surface area contributed by atoms with Gasteiger partial charge in [-0.1, -0.05) is 24.6 Å². The molecule has 0 saturated heterocycles. The molecular weight excluding hydrogens is 274 g/mol. The number of hydrogen-bond donors (Lipinski definition) is 1. The van der Waals surface area contributed by atoms with Crippen LogP contribution in [0.25, 0.3) is 0 Å². The molecule has 0 fully saturated rings. The second-order valence-electron chi connectivity index (χ2n) is 4.31. The number of aromatic nitrogens is 2. The number of ether oxygens (including phenoxy) is 1. The van der Waals surface area contributed by atoms with E-state index >= 15 is 0 Å². The SMILES string of the molecule is CCNCc1cc(OCCc2ccccn2)ncc1Cl. The molecule has 2 aromatic heterocycles. The molecule has 0 bridgehead atoms. The number of nitrogens with zero attached hydrogens (tertiary/aromatic N) is 2. The highest BCUT2D eigenvalue weighted by Gasteiger charge is 2.04. The first-order chi connectivity index (χ1) is 9.79. The summed E-state index contributed by atoms with van der Waals surface area (Å²) < 4.78 is 5.65. The highest BCUT2D eigenvalue weighted by Crippen LogP contribution is 2.19. The molecule has 0 radical (unpaired) electrons. The maximum Gasteiger partial charge on any atom is 0.213 e. The summed E-state index contributed by atoms with van der Waals surface area (Å²) in [5.74, 6) is 0.596. The van der Waals surface area contributed by atoms with Gasteiger partial charge in [-0.2, -0.15) is 0 Å². The standard InChI is InChI=1S/C15H18ClN3O/c1-2-17-10-12-9-15(19-11-14(12)16)20-8-6-13-5-3-4-7-18-13/h3-5,7,9,11,17H,2,6,8,10H2,1H3. The minimum absolute atomic E-state index is 0.548. The van der Waals surface area contributed by atoms with Crippen molar-refractivity contribution in [1.29, 1.82) is 0 Å². The molecule has 2 aromatic rings. The molecule has 0 aromatic carbocycles. The molecule has 0 aliphatic carbocycles. The van der Waals surface area contributed by atoms with Crippen LogP contribution < -0.4 is 10.1 Å². The third-order valence-corrected chi connectivity index (χ3v) is 3.15. The molecule has 0 aliphatic heterocycles. The van der Waals surface area contributed by atoms with Crippen molar-refractivity contribution in [3.63, 3.8) is 0 Å². The molecule has 0 amide bonds. The molecule has 20 heavy (non-hydrogen) atoms. The lowest BCUT2D eigenvalue weighted by Crippen LogP contribution is -2.12. The van der Waals surface area contributed by atoms with E-state index in [1.807, 2.05) is 24.3 Å². The predicted molar refractivity (Wildman–Crippen MR) is 80.1 cm³/mol. The van der Waals surface area contributed by atoms with Gasteiger partial charge in [0.1, 0.15) is 0 Å². The van der Waals surface area contributed by atoms with E-state index in [4.69, 9.17) is 16.3 Å². The van der Waals surface area contributed by atoms with Crippen molar-refractivity contribution in [2.75, 3.05) is 13.2 Å². The minimum atomic E-state index is 0.548. The summed E-state index contributed by atoms with van der Waals surface area (Å²) in [4.78, 5) is 8.43. The zero-order chi connectivity index (χ0) is 14.2. The number of hydrogen-bond acceptors (Lipinski definition) is 4. The van der Waals surface area contributed by atoms with Gasteiger partial charge >= 0.3 is 0 Å². The van der Waals surface area contributed by atoms with Gasteiger partial charge < -0.3 is 10.1 Å². The molecule has 0 spiro atoms. The quantitative estimate of drug-likeness (QED) is 0.852. The Balaban J connectivity index is 1.89. The van der Waals surface area contributed by atoms with Gasteiger partial charge in [0.2, 0.25) is 5.88 Å². The molecule has 0 saturated carbocycles. The van der Waals surface area contributed by atoms with Gasteiger partial charge in [-0.15, -0.1) is 0 Å². The van der Waals surface area contributed by atoms with Crippen molar-refractivity contribution >= 4 is 11.6 Å². The van der Waals surface area contributed by atoms with Gasteiger partial charge in [-0.05, 0) is 24.2 Å². The van der Waals surface area contributed by atoms with Crippen LogP contribution in [0.4, 0.5) is 0 Å². The summed E-state index contributed by atoms with van der Waals surface area (Å²) >= 11 is 6.09. The molecule has 0 atom stereocenters. The molecule has 0 unspecified atom stereocenters. The first-order valence-electron chi connectivity index (χ1n) is 6.67. The lowest BCUT2D eigenvalue weighted by atomic mass is 10.2. The zero-order valence-corrected chi connectivity index (χ0v) is 12.2. The molecular formula is C15H18ClN3O. The predicted octanol–water partition coefficient (Wildman–Crippen LogP) is 2.86. The van der Waals surface area contributed by atoms with Crippen LogP contribution in [0.3, 0.4) is 0 Å². The van der Waals surface area contributed by atoms with E-state index < -0.39 is 0 Å². The Morgan fingerprint density at radius 2 is 2.20 bits per heavy atom. The van der Waals surface area contributed by atoms with E-state index in [0.29, 0.717) is 24.1 Å². The smallest absolute Gasteiger partial charge is 0.213 e. The third kappa shape index (κ3) is 4.47. The average molecular weight is 292 g/mol. The van der Waals surface area contributed by atoms with Crippen molar-refractivity contribution in [2.24, 2.45) is 0 Å². The van der Waals surface area contributed by atoms with Crippen molar-refractivity contribution < 1.29 is 4.74 Å². The van der Waals surface area contributed by atoms with Crippen LogP contribution in [-0.2, 0) is 13.0 Å². The Hall–Kier alpha value is -1.65.